The van der Waals surface area contributed by atoms with Crippen LogP contribution in [0.4, 0.5) is 17.6 Å². The Balaban J connectivity index is 1.37. The van der Waals surface area contributed by atoms with Gasteiger partial charge in [0, 0.05) is 31.4 Å². The Bertz CT molecular complexity index is 1560. The van der Waals surface area contributed by atoms with E-state index in [1.807, 2.05) is 0 Å². The van der Waals surface area contributed by atoms with E-state index in [1.54, 1.807) is 17.7 Å². The Hall–Kier alpha value is -3.96. The van der Waals surface area contributed by atoms with Crippen molar-refractivity contribution in [1.29, 1.82) is 0 Å². The van der Waals surface area contributed by atoms with Gasteiger partial charge in [-0.2, -0.15) is 13.2 Å². The highest BCUT2D eigenvalue weighted by Gasteiger charge is 2.83. The molecule has 4 heterocycles. The van der Waals surface area contributed by atoms with Crippen LogP contribution in [0.3, 0.4) is 0 Å². The first-order valence-electron chi connectivity index (χ1n) is 11.1. The van der Waals surface area contributed by atoms with Crippen LogP contribution < -0.4 is 10.3 Å². The second-order valence-corrected chi connectivity index (χ2v) is 9.41. The van der Waals surface area contributed by atoms with Crippen molar-refractivity contribution in [1.82, 2.24) is 19.0 Å². The smallest absolute Gasteiger partial charge is 0.416 e. The molecule has 0 radical (unpaired) electrons. The van der Waals surface area contributed by atoms with Crippen LogP contribution in [0.1, 0.15) is 34.2 Å². The molecule has 2 atom stereocenters. The number of pyridine rings is 1. The number of nitrogens with zero attached hydrogens (tertiary/aromatic N) is 4. The number of carbonyl (C=O) groups is 2. The lowest BCUT2D eigenvalue weighted by molar-refractivity contribution is -0.138. The molecule has 6 rings (SSSR count). The Labute approximate surface area is 200 Å². The second-order valence-electron chi connectivity index (χ2n) is 9.41. The fraction of sp³-hybridized carbons (Fsp3) is 0.333. The number of amides is 1. The molecule has 0 saturated heterocycles. The Kier molecular flexibility index (Phi) is 4.27. The van der Waals surface area contributed by atoms with Gasteiger partial charge in [-0.1, -0.05) is 0 Å². The summed E-state index contributed by atoms with van der Waals surface area (Å²) in [4.78, 5) is 44.7. The molecule has 12 heteroatoms. The molecule has 3 aliphatic rings. The monoisotopic (exact) mass is 502 g/mol. The molecule has 0 unspecified atom stereocenters. The summed E-state index contributed by atoms with van der Waals surface area (Å²) in [6.45, 7) is 2.99. The van der Waals surface area contributed by atoms with Gasteiger partial charge in [0.1, 0.15) is 16.8 Å². The maximum atomic E-state index is 14.6. The number of aryl methyl sites for hydroxylation is 1. The van der Waals surface area contributed by atoms with Crippen molar-refractivity contribution in [2.45, 2.75) is 37.6 Å². The summed E-state index contributed by atoms with van der Waals surface area (Å²) in [5.74, 6) is -2.72. The van der Waals surface area contributed by atoms with E-state index in [0.29, 0.717) is 17.4 Å². The van der Waals surface area contributed by atoms with Crippen LogP contribution in [0.15, 0.2) is 41.6 Å². The van der Waals surface area contributed by atoms with Crippen molar-refractivity contribution in [2.75, 3.05) is 13.1 Å². The molecule has 1 aliphatic carbocycles. The van der Waals surface area contributed by atoms with Gasteiger partial charge in [0.25, 0.3) is 11.5 Å². The number of aromatic nitrogens is 3. The number of rotatable bonds is 3. The lowest BCUT2D eigenvalue weighted by Gasteiger charge is -2.32. The van der Waals surface area contributed by atoms with E-state index in [1.165, 1.54) is 34.9 Å². The van der Waals surface area contributed by atoms with Gasteiger partial charge < -0.3 is 18.8 Å². The standard InChI is InChI=1S/C24H18F4N4O4/c1-12-9-31(11-29-12)16-3-4-17-19(33)30(5-6-32(17)20(16)34)10-23-14-7-13(24(26,27)28)8-15(25)18(14)36-22(23,2)21(23)35/h3-4,7-9,11H,5-6,10H2,1-2H3/t22-,23+/m1/s1. The molecule has 1 saturated carbocycles. The van der Waals surface area contributed by atoms with Crippen LogP contribution in [0, 0.1) is 12.7 Å². The Morgan fingerprint density at radius 2 is 1.89 bits per heavy atom. The first kappa shape index (κ1) is 22.5. The van der Waals surface area contributed by atoms with E-state index in [4.69, 9.17) is 4.74 Å². The summed E-state index contributed by atoms with van der Waals surface area (Å²) in [6, 6.07) is 4.02. The summed E-state index contributed by atoms with van der Waals surface area (Å²) in [5, 5.41) is 0. The highest BCUT2D eigenvalue weighted by atomic mass is 19.4. The predicted octanol–water partition coefficient (Wildman–Crippen LogP) is 2.63. The first-order valence-corrected chi connectivity index (χ1v) is 11.1. The molecule has 0 N–H and O–H groups in total. The number of fused-ring (bicyclic) bond motifs is 4. The lowest BCUT2D eigenvalue weighted by atomic mass is 9.90. The van der Waals surface area contributed by atoms with Gasteiger partial charge in [0.2, 0.25) is 0 Å². The molecule has 2 aromatic heterocycles. The fourth-order valence-corrected chi connectivity index (χ4v) is 5.38. The van der Waals surface area contributed by atoms with Crippen LogP contribution in [-0.2, 0) is 22.9 Å². The van der Waals surface area contributed by atoms with Crippen LogP contribution in [0.5, 0.6) is 5.75 Å². The van der Waals surface area contributed by atoms with Crippen molar-refractivity contribution in [3.05, 3.63) is 75.5 Å². The van der Waals surface area contributed by atoms with Gasteiger partial charge in [-0.05, 0) is 38.1 Å². The number of hydrogen-bond donors (Lipinski definition) is 0. The number of alkyl halides is 3. The van der Waals surface area contributed by atoms with Gasteiger partial charge in [-0.25, -0.2) is 9.37 Å². The van der Waals surface area contributed by atoms with Gasteiger partial charge >= 0.3 is 6.18 Å². The first-order chi connectivity index (χ1) is 16.9. The molecule has 3 aromatic rings. The van der Waals surface area contributed by atoms with Crippen molar-refractivity contribution in [3.8, 4) is 11.4 Å². The number of imidazole rings is 1. The molecule has 2 aliphatic heterocycles. The topological polar surface area (TPSA) is 86.4 Å². The third-order valence-corrected chi connectivity index (χ3v) is 7.38. The number of hydrogen-bond acceptors (Lipinski definition) is 5. The van der Waals surface area contributed by atoms with E-state index < -0.39 is 51.6 Å². The van der Waals surface area contributed by atoms with E-state index in [9.17, 15) is 31.9 Å². The zero-order chi connectivity index (χ0) is 25.8. The van der Waals surface area contributed by atoms with Crippen molar-refractivity contribution >= 4 is 11.7 Å². The van der Waals surface area contributed by atoms with Gasteiger partial charge in [-0.3, -0.25) is 14.4 Å². The Morgan fingerprint density at radius 3 is 2.56 bits per heavy atom. The molecule has 1 aromatic carbocycles. The molecular formula is C24H18F4N4O4. The zero-order valence-electron chi connectivity index (χ0n) is 19.0. The number of Topliss-reactive ketones (excluding diaryl/α,β-unsaturated/α-hetero) is 1. The van der Waals surface area contributed by atoms with Gasteiger partial charge in [-0.15, -0.1) is 0 Å². The SMILES string of the molecule is Cc1cn(-c2ccc3n(c2=O)CCN(C[C@]24C(=O)[C@@]2(C)Oc2c(F)cc(C(F)(F)F)cc24)C3=O)cn1. The van der Waals surface area contributed by atoms with Crippen molar-refractivity contribution < 1.29 is 31.9 Å². The third kappa shape index (κ3) is 2.75. The van der Waals surface area contributed by atoms with E-state index in [-0.39, 0.29) is 30.9 Å². The minimum Gasteiger partial charge on any atom is -0.475 e. The predicted molar refractivity (Wildman–Crippen MR) is 116 cm³/mol. The van der Waals surface area contributed by atoms with E-state index >= 15 is 0 Å². The summed E-state index contributed by atoms with van der Waals surface area (Å²) in [6.07, 6.45) is -1.67. The van der Waals surface area contributed by atoms with Crippen LogP contribution >= 0.6 is 0 Å². The molecular weight excluding hydrogens is 484 g/mol. The summed E-state index contributed by atoms with van der Waals surface area (Å²) < 4.78 is 63.1. The molecule has 8 nitrogen and oxygen atoms in total. The second kappa shape index (κ2) is 6.83. The molecule has 1 fully saturated rings. The number of benzene rings is 1. The lowest BCUT2D eigenvalue weighted by Crippen LogP contribution is -2.48. The van der Waals surface area contributed by atoms with E-state index in [0.717, 1.165) is 6.07 Å². The number of ether oxygens (including phenoxy) is 1. The molecule has 0 spiro atoms. The van der Waals surface area contributed by atoms with Gasteiger partial charge in [0.15, 0.2) is 23.0 Å². The molecule has 0 bridgehead atoms. The highest BCUT2D eigenvalue weighted by molar-refractivity contribution is 6.19. The highest BCUT2D eigenvalue weighted by Crippen LogP contribution is 2.64. The molecule has 186 valence electrons. The summed E-state index contributed by atoms with van der Waals surface area (Å²) >= 11 is 0. The average Bonchev–Trinajstić information content (AvgIpc) is 3.12. The third-order valence-electron chi connectivity index (χ3n) is 7.38. The minimum atomic E-state index is -4.83. The van der Waals surface area contributed by atoms with Gasteiger partial charge in [0.05, 0.1) is 17.6 Å². The zero-order valence-corrected chi connectivity index (χ0v) is 19.0. The Morgan fingerprint density at radius 1 is 1.14 bits per heavy atom. The summed E-state index contributed by atoms with van der Waals surface area (Å²) in [5.41, 5.74) is -3.99. The molecule has 36 heavy (non-hydrogen) atoms. The number of ketones is 1. The molecule has 1 amide bonds. The maximum Gasteiger partial charge on any atom is 0.416 e. The minimum absolute atomic E-state index is 0.0278. The maximum absolute atomic E-state index is 14.6. The summed E-state index contributed by atoms with van der Waals surface area (Å²) in [7, 11) is 0. The van der Waals surface area contributed by atoms with Crippen molar-refractivity contribution in [3.63, 3.8) is 0 Å². The van der Waals surface area contributed by atoms with Crippen LogP contribution in [0.2, 0.25) is 0 Å². The van der Waals surface area contributed by atoms with Crippen molar-refractivity contribution in [2.24, 2.45) is 0 Å². The normalized spacial score (nSPS) is 24.3. The number of halogens is 4. The average molecular weight is 502 g/mol. The largest absolute Gasteiger partial charge is 0.475 e. The quantitative estimate of drug-likeness (QED) is 0.514. The van der Waals surface area contributed by atoms with Crippen LogP contribution in [0.25, 0.3) is 5.69 Å². The van der Waals surface area contributed by atoms with E-state index in [2.05, 4.69) is 4.98 Å². The number of carbonyl (C=O) groups excluding carboxylic acids is 2. The fourth-order valence-electron chi connectivity index (χ4n) is 5.38. The van der Waals surface area contributed by atoms with Crippen LogP contribution in [-0.4, -0.2) is 49.4 Å².